The van der Waals surface area contributed by atoms with E-state index in [9.17, 15) is 13.2 Å². The van der Waals surface area contributed by atoms with E-state index in [-0.39, 0.29) is 16.3 Å². The number of nitrogens with zero attached hydrogens (tertiary/aromatic N) is 1. The van der Waals surface area contributed by atoms with Crippen LogP contribution in [0.3, 0.4) is 0 Å². The third-order valence-corrected chi connectivity index (χ3v) is 8.48. The minimum atomic E-state index is -4.06. The lowest BCUT2D eigenvalue weighted by Gasteiger charge is -2.26. The first-order valence-corrected chi connectivity index (χ1v) is 14.2. The number of hydrogen-bond donors (Lipinski definition) is 1. The summed E-state index contributed by atoms with van der Waals surface area (Å²) in [5.41, 5.74) is 1.17. The van der Waals surface area contributed by atoms with Gasteiger partial charge in [0, 0.05) is 34.2 Å². The average molecular weight is 570 g/mol. The molecule has 11 heteroatoms. The molecule has 0 bridgehead atoms. The first kappa shape index (κ1) is 28.0. The van der Waals surface area contributed by atoms with Gasteiger partial charge >= 0.3 is 0 Å². The van der Waals surface area contributed by atoms with Crippen LogP contribution in [0.15, 0.2) is 71.6 Å². The Morgan fingerprint density at radius 2 is 1.75 bits per heavy atom. The number of anilines is 1. The van der Waals surface area contributed by atoms with Crippen molar-refractivity contribution in [3.8, 4) is 11.5 Å². The lowest BCUT2D eigenvalue weighted by atomic mass is 10.2. The van der Waals surface area contributed by atoms with Gasteiger partial charge in [0.05, 0.1) is 24.8 Å². The SMILES string of the molecule is COc1ccc(N(CC(=O)NCCSCc2ccc(Cl)cc2Cl)S(=O)(=O)c2ccccc2)c(OC)c1. The first-order valence-electron chi connectivity index (χ1n) is 10.8. The van der Waals surface area contributed by atoms with Crippen molar-refractivity contribution >= 4 is 56.6 Å². The van der Waals surface area contributed by atoms with Crippen molar-refractivity contribution in [2.45, 2.75) is 10.6 Å². The molecule has 0 atom stereocenters. The second kappa shape index (κ2) is 13.1. The molecule has 0 aliphatic rings. The smallest absolute Gasteiger partial charge is 0.264 e. The molecule has 0 saturated heterocycles. The summed E-state index contributed by atoms with van der Waals surface area (Å²) in [6.45, 7) is -0.0682. The molecule has 3 rings (SSSR count). The quantitative estimate of drug-likeness (QED) is 0.300. The molecule has 3 aromatic rings. The Morgan fingerprint density at radius 3 is 2.42 bits per heavy atom. The predicted molar refractivity (Wildman–Crippen MR) is 146 cm³/mol. The highest BCUT2D eigenvalue weighted by molar-refractivity contribution is 7.98. The first-order chi connectivity index (χ1) is 17.3. The second-order valence-electron chi connectivity index (χ2n) is 7.50. The number of hydrogen-bond acceptors (Lipinski definition) is 6. The molecule has 192 valence electrons. The molecule has 0 aromatic heterocycles. The third kappa shape index (κ3) is 7.22. The van der Waals surface area contributed by atoms with Crippen molar-refractivity contribution in [3.05, 3.63) is 82.3 Å². The van der Waals surface area contributed by atoms with Crippen LogP contribution >= 0.6 is 35.0 Å². The molecule has 0 spiro atoms. The maximum Gasteiger partial charge on any atom is 0.264 e. The van der Waals surface area contributed by atoms with Gasteiger partial charge < -0.3 is 14.8 Å². The fourth-order valence-electron chi connectivity index (χ4n) is 3.28. The lowest BCUT2D eigenvalue weighted by molar-refractivity contribution is -0.119. The normalized spacial score (nSPS) is 11.1. The minimum Gasteiger partial charge on any atom is -0.497 e. The van der Waals surface area contributed by atoms with Gasteiger partial charge in [-0.2, -0.15) is 11.8 Å². The van der Waals surface area contributed by atoms with Crippen molar-refractivity contribution in [3.63, 3.8) is 0 Å². The van der Waals surface area contributed by atoms with E-state index in [0.29, 0.717) is 33.8 Å². The second-order valence-corrected chi connectivity index (χ2v) is 11.3. The molecule has 1 N–H and O–H groups in total. The van der Waals surface area contributed by atoms with E-state index >= 15 is 0 Å². The number of ether oxygens (including phenoxy) is 2. The highest BCUT2D eigenvalue weighted by atomic mass is 35.5. The Hall–Kier alpha value is -2.59. The number of methoxy groups -OCH3 is 2. The number of thioether (sulfide) groups is 1. The van der Waals surface area contributed by atoms with Gasteiger partial charge in [0.1, 0.15) is 18.0 Å². The van der Waals surface area contributed by atoms with Crippen LogP contribution in [0, 0.1) is 0 Å². The van der Waals surface area contributed by atoms with Gasteiger partial charge in [0.15, 0.2) is 0 Å². The van der Waals surface area contributed by atoms with E-state index in [1.54, 1.807) is 60.3 Å². The number of carbonyl (C=O) groups excluding carboxylic acids is 1. The molecule has 1 amide bonds. The summed E-state index contributed by atoms with van der Waals surface area (Å²) in [5, 5.41) is 3.96. The summed E-state index contributed by atoms with van der Waals surface area (Å²) < 4.78 is 38.7. The number of sulfonamides is 1. The molecule has 0 heterocycles. The molecular formula is C25H26Cl2N2O5S2. The summed E-state index contributed by atoms with van der Waals surface area (Å²) in [5.74, 6) is 1.58. The van der Waals surface area contributed by atoms with Crippen molar-refractivity contribution in [2.24, 2.45) is 0 Å². The fourth-order valence-corrected chi connectivity index (χ4v) is 6.15. The molecule has 36 heavy (non-hydrogen) atoms. The Labute approximate surface area is 225 Å². The van der Waals surface area contributed by atoms with Gasteiger partial charge in [-0.15, -0.1) is 0 Å². The van der Waals surface area contributed by atoms with Crippen LogP contribution in [0.4, 0.5) is 5.69 Å². The number of nitrogens with one attached hydrogen (secondary N) is 1. The van der Waals surface area contributed by atoms with Gasteiger partial charge in [-0.05, 0) is 42.0 Å². The number of benzene rings is 3. The van der Waals surface area contributed by atoms with Crippen molar-refractivity contribution in [1.29, 1.82) is 0 Å². The number of halogens is 2. The zero-order chi connectivity index (χ0) is 26.1. The standard InChI is InChI=1S/C25H26Cl2N2O5S2/c1-33-20-10-11-23(24(15-20)34-2)29(36(31,32)21-6-4-3-5-7-21)16-25(30)28-12-13-35-17-18-8-9-19(26)14-22(18)27/h3-11,14-15H,12-13,16-17H2,1-2H3,(H,28,30). The molecular weight excluding hydrogens is 543 g/mol. The summed E-state index contributed by atoms with van der Waals surface area (Å²) >= 11 is 13.7. The monoisotopic (exact) mass is 568 g/mol. The van der Waals surface area contributed by atoms with E-state index in [1.165, 1.54) is 26.4 Å². The zero-order valence-corrected chi connectivity index (χ0v) is 22.9. The largest absolute Gasteiger partial charge is 0.497 e. The van der Waals surface area contributed by atoms with Crippen molar-refractivity contribution < 1.29 is 22.7 Å². The van der Waals surface area contributed by atoms with Crippen LogP contribution in [0.25, 0.3) is 0 Å². The minimum absolute atomic E-state index is 0.0612. The highest BCUT2D eigenvalue weighted by Crippen LogP contribution is 2.35. The number of amides is 1. The molecule has 0 aliphatic carbocycles. The van der Waals surface area contributed by atoms with Crippen molar-refractivity contribution in [1.82, 2.24) is 5.32 Å². The topological polar surface area (TPSA) is 84.9 Å². The highest BCUT2D eigenvalue weighted by Gasteiger charge is 2.29. The molecule has 7 nitrogen and oxygen atoms in total. The van der Waals surface area contributed by atoms with Crippen LogP contribution in [0.5, 0.6) is 11.5 Å². The van der Waals surface area contributed by atoms with E-state index in [4.69, 9.17) is 32.7 Å². The number of rotatable bonds is 12. The van der Waals surface area contributed by atoms with E-state index < -0.39 is 22.5 Å². The summed E-state index contributed by atoms with van der Waals surface area (Å²) in [6, 6.07) is 18.0. The Balaban J connectivity index is 1.71. The molecule has 3 aromatic carbocycles. The molecule has 0 radical (unpaired) electrons. The average Bonchev–Trinajstić information content (AvgIpc) is 2.88. The number of carbonyl (C=O) groups is 1. The van der Waals surface area contributed by atoms with Crippen LogP contribution in [0.1, 0.15) is 5.56 Å². The van der Waals surface area contributed by atoms with Crippen LogP contribution in [-0.4, -0.2) is 47.4 Å². The third-order valence-electron chi connectivity index (χ3n) is 5.12. The maximum atomic E-state index is 13.5. The van der Waals surface area contributed by atoms with Crippen molar-refractivity contribution in [2.75, 3.05) is 37.4 Å². The lowest BCUT2D eigenvalue weighted by Crippen LogP contribution is -2.41. The summed E-state index contributed by atoms with van der Waals surface area (Å²) in [4.78, 5) is 12.9. The Kier molecular flexibility index (Phi) is 10.2. The molecule has 0 unspecified atom stereocenters. The van der Waals surface area contributed by atoms with Crippen LogP contribution in [-0.2, 0) is 20.6 Å². The van der Waals surface area contributed by atoms with Gasteiger partial charge in [-0.1, -0.05) is 47.5 Å². The van der Waals surface area contributed by atoms with E-state index in [1.807, 2.05) is 6.07 Å². The zero-order valence-electron chi connectivity index (χ0n) is 19.7. The van der Waals surface area contributed by atoms with Gasteiger partial charge in [0.25, 0.3) is 10.0 Å². The van der Waals surface area contributed by atoms with Crippen LogP contribution in [0.2, 0.25) is 10.0 Å². The maximum absolute atomic E-state index is 13.5. The van der Waals surface area contributed by atoms with Gasteiger partial charge in [-0.3, -0.25) is 9.10 Å². The van der Waals surface area contributed by atoms with E-state index in [0.717, 1.165) is 9.87 Å². The Morgan fingerprint density at radius 1 is 1.00 bits per heavy atom. The van der Waals surface area contributed by atoms with Crippen LogP contribution < -0.4 is 19.1 Å². The Bertz CT molecular complexity index is 1290. The molecule has 0 fully saturated rings. The van der Waals surface area contributed by atoms with Gasteiger partial charge in [-0.25, -0.2) is 8.42 Å². The predicted octanol–water partition coefficient (Wildman–Crippen LogP) is 5.26. The van der Waals surface area contributed by atoms with E-state index in [2.05, 4.69) is 5.32 Å². The van der Waals surface area contributed by atoms with Gasteiger partial charge in [0.2, 0.25) is 5.91 Å². The fraction of sp³-hybridized carbons (Fsp3) is 0.240. The molecule has 0 saturated carbocycles. The molecule has 0 aliphatic heterocycles. The summed E-state index contributed by atoms with van der Waals surface area (Å²) in [7, 11) is -1.13. The summed E-state index contributed by atoms with van der Waals surface area (Å²) in [6.07, 6.45) is 0.